The fourth-order valence-electron chi connectivity index (χ4n) is 5.06. The highest BCUT2D eigenvalue weighted by Gasteiger charge is 2.56. The number of fused-ring (bicyclic) bond motifs is 4. The predicted molar refractivity (Wildman–Crippen MR) is 161 cm³/mol. The molecule has 3 saturated heterocycles. The molecule has 0 amide bonds. The molecule has 44 heavy (non-hydrogen) atoms. The molecule has 3 aromatic heterocycles. The lowest BCUT2D eigenvalue weighted by Gasteiger charge is -2.32. The molecule has 3 fully saturated rings. The largest absolute Gasteiger partial charge is 0.382 e. The number of aromatic amines is 1. The average Bonchev–Trinajstić information content (AvgIpc) is 3.63. The van der Waals surface area contributed by atoms with Crippen LogP contribution in [0.25, 0.3) is 11.2 Å². The lowest BCUT2D eigenvalue weighted by atomic mass is 10.1. The minimum absolute atomic E-state index is 0.0171. The van der Waals surface area contributed by atoms with Crippen molar-refractivity contribution in [3.05, 3.63) is 23.0 Å². The highest BCUT2D eigenvalue weighted by molar-refractivity contribution is 8.09. The van der Waals surface area contributed by atoms with Crippen LogP contribution in [0, 0.1) is 0 Å². The number of ether oxygens (including phenoxy) is 2. The summed E-state index contributed by atoms with van der Waals surface area (Å²) in [5.41, 5.74) is 13.3. The van der Waals surface area contributed by atoms with E-state index in [9.17, 15) is 9.69 Å². The number of nitrogens with two attached hydrogens (primary N) is 3. The molecular weight excluding hydrogens is 667 g/mol. The number of anilines is 4. The van der Waals surface area contributed by atoms with Crippen LogP contribution in [-0.2, 0) is 57.0 Å². The van der Waals surface area contributed by atoms with E-state index in [0.29, 0.717) is 0 Å². The fraction of sp³-hybridized carbons (Fsp3) is 0.550. The zero-order chi connectivity index (χ0) is 31.4. The van der Waals surface area contributed by atoms with Gasteiger partial charge in [0, 0.05) is 13.1 Å². The summed E-state index contributed by atoms with van der Waals surface area (Å²) in [5.74, 6) is 2.88. The second kappa shape index (κ2) is 11.7. The third-order valence-electron chi connectivity index (χ3n) is 7.04. The Balaban J connectivity index is 1.28. The summed E-state index contributed by atoms with van der Waals surface area (Å²) in [5, 5.41) is 2.94. The van der Waals surface area contributed by atoms with E-state index < -0.39 is 61.8 Å². The predicted octanol–water partition coefficient (Wildman–Crippen LogP) is -0.419. The van der Waals surface area contributed by atoms with Crippen molar-refractivity contribution in [3.63, 3.8) is 0 Å². The van der Waals surface area contributed by atoms with Gasteiger partial charge in [-0.25, -0.2) is 19.3 Å². The molecule has 3 aromatic rings. The molecule has 0 aromatic carbocycles. The van der Waals surface area contributed by atoms with Crippen LogP contribution in [0.2, 0.25) is 0 Å². The Morgan fingerprint density at radius 1 is 1.20 bits per heavy atom. The van der Waals surface area contributed by atoms with Crippen LogP contribution in [0.4, 0.5) is 27.7 Å². The summed E-state index contributed by atoms with van der Waals surface area (Å²) in [6.07, 6.45) is -2.60. The first-order valence-corrected chi connectivity index (χ1v) is 18.6. The summed E-state index contributed by atoms with van der Waals surface area (Å²) in [7, 11) is 0. The second-order valence-corrected chi connectivity index (χ2v) is 16.9. The van der Waals surface area contributed by atoms with Crippen LogP contribution in [0.15, 0.2) is 17.4 Å². The minimum Gasteiger partial charge on any atom is -0.382 e. The van der Waals surface area contributed by atoms with Crippen molar-refractivity contribution in [2.75, 3.05) is 48.7 Å². The van der Waals surface area contributed by atoms with Crippen LogP contribution in [0.1, 0.15) is 6.42 Å². The minimum atomic E-state index is -4.14. The van der Waals surface area contributed by atoms with Crippen molar-refractivity contribution in [1.82, 2.24) is 29.5 Å². The number of aromatic nitrogens is 6. The van der Waals surface area contributed by atoms with E-state index in [-0.39, 0.29) is 54.1 Å². The van der Waals surface area contributed by atoms with E-state index in [1.807, 2.05) is 0 Å². The fourth-order valence-corrected chi connectivity index (χ4v) is 8.20. The zero-order valence-corrected chi connectivity index (χ0v) is 26.2. The molecule has 3 aliphatic heterocycles. The normalized spacial score (nSPS) is 36.2. The molecule has 240 valence electrons. The maximum Gasteiger partial charge on any atom is 0.325 e. The van der Waals surface area contributed by atoms with Crippen molar-refractivity contribution in [1.29, 1.82) is 0 Å². The highest BCUT2D eigenvalue weighted by Crippen LogP contribution is 2.54. The summed E-state index contributed by atoms with van der Waals surface area (Å²) >= 11 is 11.0. The molecule has 24 heteroatoms. The first kappa shape index (κ1) is 31.5. The van der Waals surface area contributed by atoms with E-state index in [1.54, 1.807) is 6.66 Å². The van der Waals surface area contributed by atoms with E-state index in [4.69, 9.17) is 68.5 Å². The number of alkyl halides is 1. The Kier molecular flexibility index (Phi) is 8.40. The molecule has 2 bridgehead atoms. The molecule has 0 saturated carbocycles. The number of rotatable bonds is 4. The number of halogens is 1. The van der Waals surface area contributed by atoms with Gasteiger partial charge in [-0.3, -0.25) is 24.7 Å². The zero-order valence-electron chi connectivity index (χ0n) is 22.7. The average molecular weight is 696 g/mol. The molecule has 6 heterocycles. The number of hydrogen-bond acceptors (Lipinski definition) is 18. The topological polar surface area (TPSA) is 267 Å². The van der Waals surface area contributed by atoms with E-state index in [2.05, 4.69) is 35.7 Å². The molecule has 10 N–H and O–H groups in total. The summed E-state index contributed by atoms with van der Waals surface area (Å²) in [6.45, 7) is -6.77. The van der Waals surface area contributed by atoms with E-state index in [0.717, 1.165) is 10.9 Å². The van der Waals surface area contributed by atoms with E-state index >= 15 is 4.39 Å². The quantitative estimate of drug-likeness (QED) is 0.104. The van der Waals surface area contributed by atoms with Crippen LogP contribution >= 0.6 is 13.2 Å². The lowest BCUT2D eigenvalue weighted by molar-refractivity contribution is -0.0448. The molecule has 2 unspecified atom stereocenters. The van der Waals surface area contributed by atoms with Crippen LogP contribution in [-0.4, -0.2) is 91.5 Å². The number of nitrogens with zero attached hydrogens (tertiary/aromatic N) is 5. The van der Waals surface area contributed by atoms with Gasteiger partial charge in [0.25, 0.3) is 5.56 Å². The molecule has 0 aliphatic carbocycles. The first-order chi connectivity index (χ1) is 20.8. The summed E-state index contributed by atoms with van der Waals surface area (Å²) in [6, 6.07) is 0. The second-order valence-electron chi connectivity index (χ2n) is 10.1. The molecule has 19 nitrogen and oxygen atoms in total. The van der Waals surface area contributed by atoms with Crippen LogP contribution in [0.3, 0.4) is 0 Å². The molecule has 0 spiro atoms. The van der Waals surface area contributed by atoms with Gasteiger partial charge in [0.05, 0.1) is 25.6 Å². The first-order valence-electron chi connectivity index (χ1n) is 12.9. The number of imidazole rings is 1. The van der Waals surface area contributed by atoms with Crippen molar-refractivity contribution in [2.45, 2.75) is 42.9 Å². The Bertz CT molecular complexity index is 1740. The molecule has 0 radical (unpaired) electrons. The summed E-state index contributed by atoms with van der Waals surface area (Å²) in [4.78, 5) is 41.9. The lowest BCUT2D eigenvalue weighted by Crippen LogP contribution is -2.45. The van der Waals surface area contributed by atoms with Gasteiger partial charge in [0.2, 0.25) is 11.7 Å². The monoisotopic (exact) mass is 695 g/mol. The highest BCUT2D eigenvalue weighted by atomic mass is 32.5. The molecule has 6 rings (SSSR count). The smallest absolute Gasteiger partial charge is 0.325 e. The number of nitrogens with one attached hydrogen (secondary N) is 3. The van der Waals surface area contributed by atoms with Gasteiger partial charge >= 0.3 is 6.72 Å². The van der Waals surface area contributed by atoms with E-state index in [1.165, 1.54) is 6.33 Å². The van der Waals surface area contributed by atoms with Crippen molar-refractivity contribution >= 4 is 71.3 Å². The Morgan fingerprint density at radius 3 is 2.77 bits per heavy atom. The van der Waals surface area contributed by atoms with Gasteiger partial charge in [-0.15, -0.1) is 0 Å². The molecule has 3 aliphatic rings. The Labute approximate surface area is 257 Å². The Morgan fingerprint density at radius 2 is 2.00 bits per heavy atom. The van der Waals surface area contributed by atoms with Crippen molar-refractivity contribution < 1.29 is 36.9 Å². The van der Waals surface area contributed by atoms with Gasteiger partial charge in [-0.1, -0.05) is 0 Å². The van der Waals surface area contributed by atoms with Gasteiger partial charge in [0.15, 0.2) is 41.8 Å². The van der Waals surface area contributed by atoms with Crippen LogP contribution < -0.4 is 33.6 Å². The molecular formula is C20H28FN11O8P2S2. The van der Waals surface area contributed by atoms with Crippen LogP contribution in [0.5, 0.6) is 0 Å². The third kappa shape index (κ3) is 6.05. The van der Waals surface area contributed by atoms with Gasteiger partial charge in [-0.2, -0.15) is 4.98 Å². The molecule has 8 atom stereocenters. The summed E-state index contributed by atoms with van der Waals surface area (Å²) < 4.78 is 53.4. The van der Waals surface area contributed by atoms with Crippen molar-refractivity contribution in [2.24, 2.45) is 5.84 Å². The Hall–Kier alpha value is -2.46. The van der Waals surface area contributed by atoms with Crippen molar-refractivity contribution in [3.8, 4) is 0 Å². The number of H-pyrrole nitrogens is 1. The van der Waals surface area contributed by atoms with Gasteiger partial charge < -0.3 is 50.1 Å². The number of hydrazine groups is 1. The standard InChI is InChI=1S/C20H28FN11O8P2S2/c1-41(43)36-4-10-13(20(21,5-35-10)32-7-27-11-14(22)25-6-26-16(11)32)40-42(34,44)37-3-8-2-9(39-41)18(38-8)28-15-12(31-24)17(33)30-19(23)29-15/h6-10,13,18,31H,2-5,24H2,1H3,(H,34,44)(H2,22,25,26)(H4,23,28,29,30,33)/t8-,9+,10+,13+,18+,20-,41?,42?/m0/s1. The van der Waals surface area contributed by atoms with Gasteiger partial charge in [0.1, 0.15) is 30.7 Å². The maximum absolute atomic E-state index is 16.9. The third-order valence-corrected chi connectivity index (χ3v) is 10.4. The van der Waals surface area contributed by atoms with Gasteiger partial charge in [-0.05, 0) is 23.6 Å². The SMILES string of the molecule is CP1(=S)OC[C@H]2OC[C@](F)(n3cnc4c(N)ncnc43)[C@@H]2OP(O)(=S)OC[C@@H]2C[C@@H](O1)[C@H](Nc1nc(N)[nH]c(=O)c1NN)O2. The number of hydrogen-bond donors (Lipinski definition) is 7. The maximum atomic E-state index is 16.9. The number of nitrogen functional groups attached to an aromatic ring is 3.